The number of anilines is 1. The quantitative estimate of drug-likeness (QED) is 0.202. The Morgan fingerprint density at radius 2 is 1.27 bits per heavy atom. The van der Waals surface area contributed by atoms with Gasteiger partial charge < -0.3 is 10.1 Å². The summed E-state index contributed by atoms with van der Waals surface area (Å²) in [5.41, 5.74) is 5.29. The van der Waals surface area contributed by atoms with Crippen LogP contribution < -0.4 is 5.32 Å². The molecular formula is C32H29BrN2O5. The number of hydrogen-bond acceptors (Lipinski definition) is 5. The van der Waals surface area contributed by atoms with E-state index in [2.05, 4.69) is 45.5 Å². The minimum Gasteiger partial charge on any atom is -0.456 e. The minimum atomic E-state index is -0.447. The summed E-state index contributed by atoms with van der Waals surface area (Å²) in [6.07, 6.45) is 2.01. The Morgan fingerprint density at radius 3 is 1.80 bits per heavy atom. The Kier molecular flexibility index (Phi) is 7.27. The molecule has 7 nitrogen and oxygen atoms in total. The smallest absolute Gasteiger partial charge is 0.306 e. The number of benzene rings is 3. The van der Waals surface area contributed by atoms with Crippen LogP contribution in [0.5, 0.6) is 0 Å². The lowest BCUT2D eigenvalue weighted by Gasteiger charge is -2.45. The van der Waals surface area contributed by atoms with E-state index < -0.39 is 11.9 Å². The molecule has 2 bridgehead atoms. The normalized spacial score (nSPS) is 22.0. The molecule has 4 aliphatic rings. The van der Waals surface area contributed by atoms with E-state index >= 15 is 0 Å². The monoisotopic (exact) mass is 600 g/mol. The summed E-state index contributed by atoms with van der Waals surface area (Å²) >= 11 is 3.34. The lowest BCUT2D eigenvalue weighted by atomic mass is 9.55. The highest BCUT2D eigenvalue weighted by atomic mass is 79.9. The van der Waals surface area contributed by atoms with Crippen molar-refractivity contribution >= 4 is 45.3 Å². The van der Waals surface area contributed by atoms with Gasteiger partial charge in [-0.15, -0.1) is 0 Å². The number of amides is 3. The molecule has 3 aliphatic carbocycles. The molecule has 1 heterocycles. The summed E-state index contributed by atoms with van der Waals surface area (Å²) in [7, 11) is 0. The van der Waals surface area contributed by atoms with Crippen molar-refractivity contribution in [3.63, 3.8) is 0 Å². The molecule has 40 heavy (non-hydrogen) atoms. The molecule has 2 atom stereocenters. The van der Waals surface area contributed by atoms with Gasteiger partial charge in [-0.05, 0) is 59.4 Å². The first-order valence-electron chi connectivity index (χ1n) is 13.7. The largest absolute Gasteiger partial charge is 0.456 e. The Hall–Kier alpha value is -3.78. The summed E-state index contributed by atoms with van der Waals surface area (Å²) in [5.74, 6) is -1.92. The average Bonchev–Trinajstić information content (AvgIpc) is 3.22. The fraction of sp³-hybridized carbons (Fsp3) is 0.312. The number of esters is 1. The van der Waals surface area contributed by atoms with E-state index in [0.29, 0.717) is 31.5 Å². The number of halogens is 1. The number of nitrogens with one attached hydrogen (secondary N) is 1. The van der Waals surface area contributed by atoms with E-state index in [-0.39, 0.29) is 48.5 Å². The van der Waals surface area contributed by atoms with Crippen LogP contribution >= 0.6 is 15.9 Å². The second-order valence-electron chi connectivity index (χ2n) is 10.6. The maximum absolute atomic E-state index is 13.6. The molecule has 0 aromatic heterocycles. The third-order valence-electron chi connectivity index (χ3n) is 8.29. The van der Waals surface area contributed by atoms with Crippen LogP contribution in [0.1, 0.15) is 59.8 Å². The molecule has 3 amide bonds. The second kappa shape index (κ2) is 11.0. The van der Waals surface area contributed by atoms with Crippen LogP contribution in [0.2, 0.25) is 0 Å². The van der Waals surface area contributed by atoms with Gasteiger partial charge in [-0.3, -0.25) is 24.1 Å². The molecule has 0 radical (unpaired) electrons. The number of nitrogens with zero attached hydrogens (tertiary/aromatic N) is 1. The van der Waals surface area contributed by atoms with Crippen molar-refractivity contribution in [3.05, 3.63) is 99.5 Å². The van der Waals surface area contributed by atoms with E-state index in [4.69, 9.17) is 4.74 Å². The topological polar surface area (TPSA) is 92.8 Å². The molecule has 0 spiro atoms. The molecule has 0 unspecified atom stereocenters. The number of hydrogen-bond donors (Lipinski definition) is 1. The van der Waals surface area contributed by atoms with E-state index in [1.165, 1.54) is 27.2 Å². The predicted molar refractivity (Wildman–Crippen MR) is 152 cm³/mol. The SMILES string of the molecule is O=C(COC(=O)CCCCCN1C(=O)[C@@H]2C3c4ccccc4C(c4ccccc43)[C@H]2C1=O)Nc1ccc(Br)cc1. The number of ether oxygens (including phenoxy) is 1. The van der Waals surface area contributed by atoms with Crippen LogP contribution in [0.4, 0.5) is 5.69 Å². The van der Waals surface area contributed by atoms with E-state index in [0.717, 1.165) is 4.47 Å². The Morgan fingerprint density at radius 1 is 0.750 bits per heavy atom. The first kappa shape index (κ1) is 26.4. The van der Waals surface area contributed by atoms with Gasteiger partial charge in [-0.1, -0.05) is 70.9 Å². The maximum Gasteiger partial charge on any atom is 0.306 e. The Balaban J connectivity index is 1.000. The van der Waals surface area contributed by atoms with Crippen LogP contribution in [-0.4, -0.2) is 41.7 Å². The molecule has 7 rings (SSSR count). The molecule has 1 N–H and O–H groups in total. The summed E-state index contributed by atoms with van der Waals surface area (Å²) in [6, 6.07) is 23.5. The van der Waals surface area contributed by atoms with Gasteiger partial charge in [0, 0.05) is 35.0 Å². The number of carbonyl (C=O) groups excluding carboxylic acids is 4. The predicted octanol–water partition coefficient (Wildman–Crippen LogP) is 5.38. The fourth-order valence-electron chi connectivity index (χ4n) is 6.62. The van der Waals surface area contributed by atoms with E-state index in [1.54, 1.807) is 24.3 Å². The first-order chi connectivity index (χ1) is 19.4. The molecule has 3 aromatic rings. The van der Waals surface area contributed by atoms with Gasteiger partial charge in [-0.25, -0.2) is 0 Å². The third-order valence-corrected chi connectivity index (χ3v) is 8.82. The Labute approximate surface area is 241 Å². The number of imide groups is 1. The molecule has 0 saturated carbocycles. The third kappa shape index (κ3) is 4.74. The van der Waals surface area contributed by atoms with Crippen molar-refractivity contribution in [1.82, 2.24) is 4.90 Å². The molecule has 1 fully saturated rings. The van der Waals surface area contributed by atoms with Gasteiger partial charge in [0.15, 0.2) is 6.61 Å². The summed E-state index contributed by atoms with van der Waals surface area (Å²) in [5, 5.41) is 2.68. The van der Waals surface area contributed by atoms with Crippen molar-refractivity contribution in [1.29, 1.82) is 0 Å². The molecular weight excluding hydrogens is 572 g/mol. The van der Waals surface area contributed by atoms with Crippen LogP contribution in [0.3, 0.4) is 0 Å². The molecule has 8 heteroatoms. The highest BCUT2D eigenvalue weighted by molar-refractivity contribution is 9.10. The van der Waals surface area contributed by atoms with Crippen LogP contribution in [0, 0.1) is 11.8 Å². The van der Waals surface area contributed by atoms with Crippen molar-refractivity contribution in [3.8, 4) is 0 Å². The minimum absolute atomic E-state index is 0.0785. The zero-order chi connectivity index (χ0) is 27.8. The zero-order valence-corrected chi connectivity index (χ0v) is 23.4. The number of rotatable bonds is 9. The highest BCUT2D eigenvalue weighted by Crippen LogP contribution is 2.60. The van der Waals surface area contributed by atoms with Gasteiger partial charge in [0.1, 0.15) is 0 Å². The first-order valence-corrected chi connectivity index (χ1v) is 14.5. The lowest BCUT2D eigenvalue weighted by molar-refractivity contribution is -0.147. The molecule has 1 aliphatic heterocycles. The van der Waals surface area contributed by atoms with Crippen molar-refractivity contribution in [2.75, 3.05) is 18.5 Å². The van der Waals surface area contributed by atoms with Crippen LogP contribution in [0.25, 0.3) is 0 Å². The van der Waals surface area contributed by atoms with Gasteiger partial charge in [0.05, 0.1) is 11.8 Å². The standard InChI is InChI=1S/C32H29BrN2O5/c33-19-13-15-20(16-14-19)34-25(36)18-40-26(37)12-2-1-7-17-35-31(38)29-27-21-8-3-4-9-22(21)28(30(29)32(35)39)24-11-6-5-10-23(24)27/h3-6,8-11,13-16,27-30H,1-2,7,12,17-18H2,(H,34,36)/t27?,28?,29-,30-/m1/s1. The fourth-order valence-corrected chi connectivity index (χ4v) is 6.89. The molecule has 1 saturated heterocycles. The molecule has 3 aromatic carbocycles. The van der Waals surface area contributed by atoms with Crippen LogP contribution in [0.15, 0.2) is 77.3 Å². The zero-order valence-electron chi connectivity index (χ0n) is 21.8. The molecule has 204 valence electrons. The van der Waals surface area contributed by atoms with Crippen molar-refractivity contribution in [2.45, 2.75) is 37.5 Å². The van der Waals surface area contributed by atoms with Crippen molar-refractivity contribution < 1.29 is 23.9 Å². The lowest BCUT2D eigenvalue weighted by Crippen LogP contribution is -2.41. The van der Waals surface area contributed by atoms with Gasteiger partial charge in [-0.2, -0.15) is 0 Å². The maximum atomic E-state index is 13.6. The number of carbonyl (C=O) groups is 4. The highest BCUT2D eigenvalue weighted by Gasteiger charge is 2.61. The Bertz CT molecular complexity index is 1370. The second-order valence-corrected chi connectivity index (χ2v) is 11.5. The number of likely N-dealkylation sites (tertiary alicyclic amines) is 1. The van der Waals surface area contributed by atoms with Crippen molar-refractivity contribution in [2.24, 2.45) is 11.8 Å². The summed E-state index contributed by atoms with van der Waals surface area (Å²) in [6.45, 7) is 0.00298. The van der Waals surface area contributed by atoms with Gasteiger partial charge >= 0.3 is 5.97 Å². The van der Waals surface area contributed by atoms with Crippen LogP contribution in [-0.2, 0) is 23.9 Å². The summed E-state index contributed by atoms with van der Waals surface area (Å²) in [4.78, 5) is 52.8. The van der Waals surface area contributed by atoms with Gasteiger partial charge in [0.25, 0.3) is 5.91 Å². The average molecular weight is 601 g/mol. The summed E-state index contributed by atoms with van der Waals surface area (Å²) < 4.78 is 5.99. The van der Waals surface area contributed by atoms with E-state index in [1.807, 2.05) is 24.3 Å². The van der Waals surface area contributed by atoms with Gasteiger partial charge in [0.2, 0.25) is 11.8 Å². The van der Waals surface area contributed by atoms with E-state index in [9.17, 15) is 19.2 Å². The number of unbranched alkanes of at least 4 members (excludes halogenated alkanes) is 2.